The highest BCUT2D eigenvalue weighted by Gasteiger charge is 2.26. The number of hydrogen-bond donors (Lipinski definition) is 2. The Balaban J connectivity index is 2.09. The van der Waals surface area contributed by atoms with Gasteiger partial charge in [-0.2, -0.15) is 0 Å². The number of piperidine rings is 1. The minimum absolute atomic E-state index is 0.239. The second-order valence-corrected chi connectivity index (χ2v) is 5.47. The molecule has 0 bridgehead atoms. The van der Waals surface area contributed by atoms with Crippen molar-refractivity contribution in [3.05, 3.63) is 11.3 Å². The zero-order valence-electron chi connectivity index (χ0n) is 12.2. The second-order valence-electron chi connectivity index (χ2n) is 5.47. The van der Waals surface area contributed by atoms with Gasteiger partial charge in [-0.1, -0.05) is 6.92 Å². The SMILES string of the molecule is CCOC(=O)C1=C(CN2CCC[C@@H](C)C2)NC(=O)NC1. The zero-order valence-corrected chi connectivity index (χ0v) is 12.2. The molecule has 0 aromatic carbocycles. The van der Waals surface area contributed by atoms with E-state index in [0.29, 0.717) is 30.3 Å². The molecule has 2 aliphatic heterocycles. The fourth-order valence-electron chi connectivity index (χ4n) is 2.73. The summed E-state index contributed by atoms with van der Waals surface area (Å²) in [5.41, 5.74) is 1.21. The van der Waals surface area contributed by atoms with Crippen LogP contribution in [0.4, 0.5) is 4.79 Å². The number of urea groups is 1. The van der Waals surface area contributed by atoms with Crippen molar-refractivity contribution in [2.45, 2.75) is 26.7 Å². The summed E-state index contributed by atoms with van der Waals surface area (Å²) in [7, 11) is 0. The average Bonchev–Trinajstić information content (AvgIpc) is 2.39. The number of rotatable bonds is 4. The number of ether oxygens (including phenoxy) is 1. The van der Waals surface area contributed by atoms with Crippen molar-refractivity contribution in [3.8, 4) is 0 Å². The van der Waals surface area contributed by atoms with Gasteiger partial charge in [-0.25, -0.2) is 9.59 Å². The van der Waals surface area contributed by atoms with Crippen LogP contribution in [0.5, 0.6) is 0 Å². The molecule has 2 heterocycles. The number of nitrogens with one attached hydrogen (secondary N) is 2. The molecule has 112 valence electrons. The van der Waals surface area contributed by atoms with E-state index >= 15 is 0 Å². The van der Waals surface area contributed by atoms with E-state index in [1.165, 1.54) is 6.42 Å². The maximum absolute atomic E-state index is 11.9. The normalized spacial score (nSPS) is 24.1. The lowest BCUT2D eigenvalue weighted by Crippen LogP contribution is -2.48. The molecular formula is C14H23N3O3. The molecule has 2 rings (SSSR count). The molecule has 20 heavy (non-hydrogen) atoms. The van der Waals surface area contributed by atoms with Crippen LogP contribution in [0.2, 0.25) is 0 Å². The largest absolute Gasteiger partial charge is 0.463 e. The number of hydrogen-bond acceptors (Lipinski definition) is 4. The highest BCUT2D eigenvalue weighted by molar-refractivity contribution is 5.93. The van der Waals surface area contributed by atoms with Crippen LogP contribution in [-0.2, 0) is 9.53 Å². The molecule has 0 unspecified atom stereocenters. The summed E-state index contributed by atoms with van der Waals surface area (Å²) in [6.07, 6.45) is 2.41. The maximum atomic E-state index is 11.9. The average molecular weight is 281 g/mol. The first-order valence-corrected chi connectivity index (χ1v) is 7.26. The lowest BCUT2D eigenvalue weighted by molar-refractivity contribution is -0.138. The van der Waals surface area contributed by atoms with E-state index in [9.17, 15) is 9.59 Å². The predicted molar refractivity (Wildman–Crippen MR) is 75.0 cm³/mol. The highest BCUT2D eigenvalue weighted by atomic mass is 16.5. The zero-order chi connectivity index (χ0) is 14.5. The first kappa shape index (κ1) is 14.8. The molecule has 0 aliphatic carbocycles. The van der Waals surface area contributed by atoms with Gasteiger partial charge in [0.25, 0.3) is 0 Å². The van der Waals surface area contributed by atoms with Gasteiger partial charge in [0, 0.05) is 18.8 Å². The van der Waals surface area contributed by atoms with Gasteiger partial charge in [0.1, 0.15) is 0 Å². The smallest absolute Gasteiger partial charge is 0.337 e. The Morgan fingerprint density at radius 2 is 2.30 bits per heavy atom. The minimum atomic E-state index is -0.347. The number of carbonyl (C=O) groups excluding carboxylic acids is 2. The molecule has 0 radical (unpaired) electrons. The number of esters is 1. The molecule has 0 aromatic heterocycles. The number of amides is 2. The molecule has 0 spiro atoms. The Kier molecular flexibility index (Phi) is 5.00. The molecule has 2 amide bonds. The third kappa shape index (κ3) is 3.72. The third-order valence-corrected chi connectivity index (χ3v) is 3.70. The molecule has 2 aliphatic rings. The van der Waals surface area contributed by atoms with E-state index in [0.717, 1.165) is 19.5 Å². The van der Waals surface area contributed by atoms with E-state index < -0.39 is 0 Å². The summed E-state index contributed by atoms with van der Waals surface area (Å²) in [6.45, 7) is 7.20. The molecule has 0 saturated carbocycles. The van der Waals surface area contributed by atoms with Gasteiger partial charge in [-0.3, -0.25) is 4.90 Å². The Bertz CT molecular complexity index is 420. The monoisotopic (exact) mass is 281 g/mol. The minimum Gasteiger partial charge on any atom is -0.463 e. The van der Waals surface area contributed by atoms with Gasteiger partial charge in [0.15, 0.2) is 0 Å². The molecule has 0 aromatic rings. The van der Waals surface area contributed by atoms with E-state index in [1.54, 1.807) is 6.92 Å². The van der Waals surface area contributed by atoms with E-state index in [2.05, 4.69) is 22.5 Å². The molecule has 1 atom stereocenters. The van der Waals surface area contributed by atoms with Crippen LogP contribution in [0.3, 0.4) is 0 Å². The molecule has 1 saturated heterocycles. The Hall–Kier alpha value is -1.56. The third-order valence-electron chi connectivity index (χ3n) is 3.70. The van der Waals surface area contributed by atoms with E-state index in [4.69, 9.17) is 4.74 Å². The summed E-state index contributed by atoms with van der Waals surface area (Å²) in [4.78, 5) is 25.7. The summed E-state index contributed by atoms with van der Waals surface area (Å²) in [6, 6.07) is -0.252. The number of nitrogens with zero attached hydrogens (tertiary/aromatic N) is 1. The van der Waals surface area contributed by atoms with Crippen molar-refractivity contribution in [1.29, 1.82) is 0 Å². The van der Waals surface area contributed by atoms with Crippen LogP contribution in [0, 0.1) is 5.92 Å². The van der Waals surface area contributed by atoms with Crippen molar-refractivity contribution in [2.24, 2.45) is 5.92 Å². The summed E-state index contributed by atoms with van der Waals surface area (Å²) in [5.74, 6) is 0.313. The van der Waals surface area contributed by atoms with Gasteiger partial charge in [-0.05, 0) is 32.2 Å². The van der Waals surface area contributed by atoms with Crippen LogP contribution in [0.1, 0.15) is 26.7 Å². The van der Waals surface area contributed by atoms with Gasteiger partial charge < -0.3 is 15.4 Å². The van der Waals surface area contributed by atoms with Crippen LogP contribution in [0.25, 0.3) is 0 Å². The van der Waals surface area contributed by atoms with Crippen molar-refractivity contribution < 1.29 is 14.3 Å². The quantitative estimate of drug-likeness (QED) is 0.749. The van der Waals surface area contributed by atoms with E-state index in [-0.39, 0.29) is 18.5 Å². The second kappa shape index (κ2) is 6.74. The lowest BCUT2D eigenvalue weighted by atomic mass is 10.00. The van der Waals surface area contributed by atoms with Crippen molar-refractivity contribution in [3.63, 3.8) is 0 Å². The van der Waals surface area contributed by atoms with Gasteiger partial charge in [0.05, 0.1) is 18.7 Å². The number of carbonyl (C=O) groups is 2. The first-order valence-electron chi connectivity index (χ1n) is 7.26. The molecule has 6 nitrogen and oxygen atoms in total. The van der Waals surface area contributed by atoms with Crippen molar-refractivity contribution in [2.75, 3.05) is 32.8 Å². The standard InChI is InChI=1S/C14H23N3O3/c1-3-20-13(18)11-7-15-14(19)16-12(11)9-17-6-4-5-10(2)8-17/h10H,3-9H2,1-2H3,(H2,15,16,19)/t10-/m1/s1. The topological polar surface area (TPSA) is 70.7 Å². The Labute approximate surface area is 119 Å². The molecule has 2 N–H and O–H groups in total. The molecule has 6 heteroatoms. The molecule has 1 fully saturated rings. The van der Waals surface area contributed by atoms with Crippen molar-refractivity contribution >= 4 is 12.0 Å². The fourth-order valence-corrected chi connectivity index (χ4v) is 2.73. The maximum Gasteiger partial charge on any atom is 0.337 e. The van der Waals surface area contributed by atoms with Gasteiger partial charge in [-0.15, -0.1) is 0 Å². The van der Waals surface area contributed by atoms with Gasteiger partial charge >= 0.3 is 12.0 Å². The highest BCUT2D eigenvalue weighted by Crippen LogP contribution is 2.18. The van der Waals surface area contributed by atoms with Crippen molar-refractivity contribution in [1.82, 2.24) is 15.5 Å². The van der Waals surface area contributed by atoms with E-state index in [1.807, 2.05) is 0 Å². The summed E-state index contributed by atoms with van der Waals surface area (Å²) >= 11 is 0. The number of likely N-dealkylation sites (tertiary alicyclic amines) is 1. The van der Waals surface area contributed by atoms with Crippen LogP contribution in [-0.4, -0.2) is 49.7 Å². The van der Waals surface area contributed by atoms with Crippen LogP contribution >= 0.6 is 0 Å². The summed E-state index contributed by atoms with van der Waals surface area (Å²) in [5, 5.41) is 5.38. The lowest BCUT2D eigenvalue weighted by Gasteiger charge is -2.33. The van der Waals surface area contributed by atoms with Crippen LogP contribution < -0.4 is 10.6 Å². The summed E-state index contributed by atoms with van der Waals surface area (Å²) < 4.78 is 5.05. The fraction of sp³-hybridized carbons (Fsp3) is 0.714. The predicted octanol–water partition coefficient (Wildman–Crippen LogP) is 0.848. The van der Waals surface area contributed by atoms with Crippen LogP contribution in [0.15, 0.2) is 11.3 Å². The molecular weight excluding hydrogens is 258 g/mol. The van der Waals surface area contributed by atoms with Gasteiger partial charge in [0.2, 0.25) is 0 Å². The Morgan fingerprint density at radius 1 is 1.50 bits per heavy atom. The Morgan fingerprint density at radius 3 is 3.00 bits per heavy atom. The first-order chi connectivity index (χ1) is 9.60.